The van der Waals surface area contributed by atoms with Gasteiger partial charge in [-0.1, -0.05) is 48.5 Å². The molecule has 1 aliphatic heterocycles. The molecular weight excluding hydrogens is 354 g/mol. The first kappa shape index (κ1) is 19.6. The highest BCUT2D eigenvalue weighted by Gasteiger charge is 2.21. The zero-order valence-corrected chi connectivity index (χ0v) is 16.8. The third kappa shape index (κ3) is 5.93. The lowest BCUT2D eigenvalue weighted by Gasteiger charge is -2.34. The fourth-order valence-electron chi connectivity index (χ4n) is 3.57. The van der Waals surface area contributed by atoms with Gasteiger partial charge in [0, 0.05) is 37.3 Å². The number of hydrogen-bond acceptors (Lipinski definition) is 2. The number of nitrogens with zero attached hydrogens (tertiary/aromatic N) is 2. The van der Waals surface area contributed by atoms with Crippen molar-refractivity contribution in [2.45, 2.75) is 24.2 Å². The highest BCUT2D eigenvalue weighted by atomic mass is 32.2. The number of rotatable bonds is 6. The van der Waals surface area contributed by atoms with E-state index in [4.69, 9.17) is 0 Å². The summed E-state index contributed by atoms with van der Waals surface area (Å²) in [6.45, 7) is 2.72. The summed E-state index contributed by atoms with van der Waals surface area (Å²) in [7, 11) is 0.855. The number of aliphatic imine (C=N–C) groups is 1. The smallest absolute Gasteiger partial charge is 0.193 e. The molecule has 1 unspecified atom stereocenters. The van der Waals surface area contributed by atoms with Crippen LogP contribution in [-0.4, -0.2) is 47.5 Å². The predicted octanol–water partition coefficient (Wildman–Crippen LogP) is 3.32. The summed E-state index contributed by atoms with van der Waals surface area (Å²) in [5, 5.41) is 3.39. The first-order valence-electron chi connectivity index (χ1n) is 9.69. The van der Waals surface area contributed by atoms with E-state index in [1.807, 2.05) is 37.4 Å². The van der Waals surface area contributed by atoms with Crippen LogP contribution in [-0.2, 0) is 17.2 Å². The molecule has 3 rings (SSSR count). The van der Waals surface area contributed by atoms with Gasteiger partial charge in [0.25, 0.3) is 0 Å². The average molecular weight is 384 g/mol. The Morgan fingerprint density at radius 2 is 1.70 bits per heavy atom. The van der Waals surface area contributed by atoms with Crippen molar-refractivity contribution in [1.29, 1.82) is 0 Å². The molecule has 0 bridgehead atoms. The topological polar surface area (TPSA) is 44.7 Å². The molecule has 1 atom stereocenters. The summed E-state index contributed by atoms with van der Waals surface area (Å²) in [6, 6.07) is 20.4. The van der Waals surface area contributed by atoms with Gasteiger partial charge in [0.2, 0.25) is 0 Å². The minimum Gasteiger partial charge on any atom is -0.355 e. The summed E-state index contributed by atoms with van der Waals surface area (Å²) >= 11 is 0. The van der Waals surface area contributed by atoms with Gasteiger partial charge in [-0.05, 0) is 42.9 Å². The van der Waals surface area contributed by atoms with Crippen molar-refractivity contribution < 1.29 is 4.21 Å². The number of benzene rings is 2. The second-order valence-corrected chi connectivity index (χ2v) is 8.53. The van der Waals surface area contributed by atoms with Crippen molar-refractivity contribution in [2.24, 2.45) is 10.9 Å². The Morgan fingerprint density at radius 1 is 1.07 bits per heavy atom. The third-order valence-corrected chi connectivity index (χ3v) is 6.44. The van der Waals surface area contributed by atoms with E-state index in [9.17, 15) is 4.21 Å². The Kier molecular flexibility index (Phi) is 7.45. The molecule has 0 saturated carbocycles. The molecule has 0 aromatic heterocycles. The van der Waals surface area contributed by atoms with E-state index >= 15 is 0 Å². The van der Waals surface area contributed by atoms with Gasteiger partial charge >= 0.3 is 0 Å². The normalized spacial score (nSPS) is 16.9. The third-order valence-electron chi connectivity index (χ3n) is 5.07. The van der Waals surface area contributed by atoms with Gasteiger partial charge in [-0.15, -0.1) is 0 Å². The molecule has 2 aromatic rings. The molecule has 5 heteroatoms. The Bertz CT molecular complexity index is 741. The summed E-state index contributed by atoms with van der Waals surface area (Å²) in [5.74, 6) is 2.26. The van der Waals surface area contributed by atoms with Crippen LogP contribution in [0, 0.1) is 5.92 Å². The quantitative estimate of drug-likeness (QED) is 0.615. The Hall–Kier alpha value is -2.14. The van der Waals surface area contributed by atoms with Gasteiger partial charge in [0.1, 0.15) is 0 Å². The molecule has 144 valence electrons. The van der Waals surface area contributed by atoms with E-state index in [2.05, 4.69) is 45.5 Å². The molecule has 2 aromatic carbocycles. The number of guanidine groups is 1. The van der Waals surface area contributed by atoms with Crippen LogP contribution in [0.5, 0.6) is 0 Å². The summed E-state index contributed by atoms with van der Waals surface area (Å²) in [6.07, 6.45) is 3.54. The van der Waals surface area contributed by atoms with Gasteiger partial charge in [-0.2, -0.15) is 0 Å². The summed E-state index contributed by atoms with van der Waals surface area (Å²) in [4.78, 5) is 7.63. The van der Waals surface area contributed by atoms with Gasteiger partial charge in [-0.25, -0.2) is 0 Å². The Labute approximate surface area is 165 Å². The molecule has 1 N–H and O–H groups in total. The largest absolute Gasteiger partial charge is 0.355 e. The molecule has 0 amide bonds. The van der Waals surface area contributed by atoms with Crippen molar-refractivity contribution in [3.05, 3.63) is 66.2 Å². The van der Waals surface area contributed by atoms with Crippen LogP contribution in [0.4, 0.5) is 0 Å². The van der Waals surface area contributed by atoms with Gasteiger partial charge in [-0.3, -0.25) is 9.20 Å². The van der Waals surface area contributed by atoms with E-state index in [0.29, 0.717) is 12.3 Å². The number of hydrogen-bond donors (Lipinski definition) is 1. The van der Waals surface area contributed by atoms with E-state index in [1.165, 1.54) is 18.4 Å². The van der Waals surface area contributed by atoms with Crippen molar-refractivity contribution in [3.63, 3.8) is 0 Å². The van der Waals surface area contributed by atoms with Crippen LogP contribution in [0.25, 0.3) is 0 Å². The monoisotopic (exact) mass is 383 g/mol. The van der Waals surface area contributed by atoms with E-state index < -0.39 is 10.8 Å². The fraction of sp³-hybridized carbons (Fsp3) is 0.409. The molecule has 4 nitrogen and oxygen atoms in total. The molecule has 0 spiro atoms. The minimum atomic E-state index is -0.971. The molecule has 0 radical (unpaired) electrons. The first-order chi connectivity index (χ1) is 13.3. The maximum Gasteiger partial charge on any atom is 0.193 e. The average Bonchev–Trinajstić information content (AvgIpc) is 2.73. The summed E-state index contributed by atoms with van der Waals surface area (Å²) < 4.78 is 12.3. The number of piperidine rings is 1. The Balaban J connectivity index is 1.42. The van der Waals surface area contributed by atoms with E-state index in [0.717, 1.165) is 36.3 Å². The zero-order valence-electron chi connectivity index (χ0n) is 16.0. The predicted molar refractivity (Wildman–Crippen MR) is 114 cm³/mol. The van der Waals surface area contributed by atoms with Gasteiger partial charge in [0.15, 0.2) is 5.96 Å². The Morgan fingerprint density at radius 3 is 2.33 bits per heavy atom. The lowest BCUT2D eigenvalue weighted by Crippen LogP contribution is -2.46. The number of likely N-dealkylation sites (tertiary alicyclic amines) is 1. The molecule has 1 aliphatic rings. The van der Waals surface area contributed by atoms with Crippen LogP contribution in [0.3, 0.4) is 0 Å². The van der Waals surface area contributed by atoms with Crippen LogP contribution in [0.1, 0.15) is 18.4 Å². The molecule has 27 heavy (non-hydrogen) atoms. The molecule has 1 saturated heterocycles. The molecule has 1 heterocycles. The maximum atomic E-state index is 12.3. The standard InChI is InChI=1S/C22H29N3OS/c1-23-22(24-14-17-27(26)21-10-6-3-7-11-21)25-15-12-20(13-16-25)18-19-8-4-2-5-9-19/h2-11,20H,12-18H2,1H3,(H,23,24). The highest BCUT2D eigenvalue weighted by Crippen LogP contribution is 2.21. The maximum absolute atomic E-state index is 12.3. The second kappa shape index (κ2) is 10.3. The summed E-state index contributed by atoms with van der Waals surface area (Å²) in [5.41, 5.74) is 1.43. The minimum absolute atomic E-state index is 0.591. The van der Waals surface area contributed by atoms with E-state index in [1.54, 1.807) is 0 Å². The van der Waals surface area contributed by atoms with E-state index in [-0.39, 0.29) is 0 Å². The van der Waals surface area contributed by atoms with Crippen LogP contribution in [0.2, 0.25) is 0 Å². The fourth-order valence-corrected chi connectivity index (χ4v) is 4.56. The van der Waals surface area contributed by atoms with Crippen molar-refractivity contribution in [3.8, 4) is 0 Å². The van der Waals surface area contributed by atoms with Crippen LogP contribution < -0.4 is 5.32 Å². The highest BCUT2D eigenvalue weighted by molar-refractivity contribution is 7.85. The SMILES string of the molecule is CN=C(NCCS(=O)c1ccccc1)N1CCC(Cc2ccccc2)CC1. The lowest BCUT2D eigenvalue weighted by atomic mass is 9.90. The van der Waals surface area contributed by atoms with Crippen molar-refractivity contribution in [1.82, 2.24) is 10.2 Å². The second-order valence-electron chi connectivity index (χ2n) is 6.96. The first-order valence-corrected chi connectivity index (χ1v) is 11.0. The molecule has 0 aliphatic carbocycles. The van der Waals surface area contributed by atoms with Crippen LogP contribution in [0.15, 0.2) is 70.6 Å². The van der Waals surface area contributed by atoms with Crippen LogP contribution >= 0.6 is 0 Å². The van der Waals surface area contributed by atoms with Crippen molar-refractivity contribution in [2.75, 3.05) is 32.4 Å². The molecular formula is C22H29N3OS. The zero-order chi connectivity index (χ0) is 18.9. The number of nitrogens with one attached hydrogen (secondary N) is 1. The lowest BCUT2D eigenvalue weighted by molar-refractivity contribution is 0.259. The molecule has 1 fully saturated rings. The van der Waals surface area contributed by atoms with Crippen molar-refractivity contribution >= 4 is 16.8 Å². The van der Waals surface area contributed by atoms with Gasteiger partial charge in [0.05, 0.1) is 10.8 Å². The van der Waals surface area contributed by atoms with Gasteiger partial charge < -0.3 is 10.2 Å².